The van der Waals surface area contributed by atoms with Crippen molar-refractivity contribution in [3.8, 4) is 22.5 Å². The Morgan fingerprint density at radius 2 is 1.82 bits per heavy atom. The van der Waals surface area contributed by atoms with Gasteiger partial charge in [0, 0.05) is 27.7 Å². The highest BCUT2D eigenvalue weighted by atomic mass is 19.1. The fraction of sp³-hybridized carbons (Fsp3) is 0.121. The third-order valence-corrected chi connectivity index (χ3v) is 6.79. The highest BCUT2D eigenvalue weighted by Crippen LogP contribution is 2.35. The topological polar surface area (TPSA) is 56.5 Å². The molecule has 2 heterocycles. The van der Waals surface area contributed by atoms with Gasteiger partial charge in [0.05, 0.1) is 11.2 Å². The largest absolute Gasteiger partial charge is 0.359 e. The van der Waals surface area contributed by atoms with Crippen molar-refractivity contribution in [2.45, 2.75) is 20.8 Å². The Balaban J connectivity index is 1.56. The van der Waals surface area contributed by atoms with Crippen molar-refractivity contribution >= 4 is 27.4 Å². The number of nitrogens with zero attached hydrogens (tertiary/aromatic N) is 1. The van der Waals surface area contributed by atoms with E-state index in [4.69, 9.17) is 0 Å². The van der Waals surface area contributed by atoms with E-state index >= 15 is 0 Å². The molecule has 0 bridgehead atoms. The van der Waals surface area contributed by atoms with E-state index in [1.807, 2.05) is 37.3 Å². The van der Waals surface area contributed by atoms with Gasteiger partial charge in [-0.3, -0.25) is 5.10 Å². The smallest absolute Gasteiger partial charge is 0.123 e. The van der Waals surface area contributed by atoms with Crippen LogP contribution in [0.25, 0.3) is 49.9 Å². The van der Waals surface area contributed by atoms with Gasteiger partial charge in [0.1, 0.15) is 11.5 Å². The molecule has 0 aliphatic heterocycles. The predicted molar refractivity (Wildman–Crippen MR) is 158 cm³/mol. The first-order valence-corrected chi connectivity index (χ1v) is 12.7. The van der Waals surface area contributed by atoms with E-state index < -0.39 is 0 Å². The first-order valence-electron chi connectivity index (χ1n) is 12.7. The minimum absolute atomic E-state index is 0.252. The van der Waals surface area contributed by atoms with Crippen LogP contribution in [0.1, 0.15) is 26.3 Å². The summed E-state index contributed by atoms with van der Waals surface area (Å²) in [6, 6.07) is 21.1. The monoisotopic (exact) mass is 502 g/mol. The second kappa shape index (κ2) is 10.4. The molecule has 0 aliphatic carbocycles. The van der Waals surface area contributed by atoms with Crippen molar-refractivity contribution in [2.75, 3.05) is 0 Å². The molecule has 2 aromatic heterocycles. The van der Waals surface area contributed by atoms with Crippen LogP contribution in [0.4, 0.5) is 4.39 Å². The lowest BCUT2D eigenvalue weighted by atomic mass is 10.00. The molecule has 0 spiro atoms. The van der Waals surface area contributed by atoms with Crippen LogP contribution in [0, 0.1) is 11.7 Å². The lowest BCUT2D eigenvalue weighted by Crippen LogP contribution is -2.14. The molecule has 0 saturated heterocycles. The van der Waals surface area contributed by atoms with E-state index in [0.717, 1.165) is 66.9 Å². The number of H-pyrrole nitrogens is 2. The Hall–Kier alpha value is -4.64. The Morgan fingerprint density at radius 1 is 1.00 bits per heavy atom. The Kier molecular flexibility index (Phi) is 6.84. The van der Waals surface area contributed by atoms with Gasteiger partial charge in [0.2, 0.25) is 0 Å². The summed E-state index contributed by atoms with van der Waals surface area (Å²) in [5, 5.41) is 13.2. The molecule has 0 radical (unpaired) electrons. The van der Waals surface area contributed by atoms with Gasteiger partial charge < -0.3 is 10.3 Å². The van der Waals surface area contributed by atoms with Crippen LogP contribution >= 0.6 is 0 Å². The number of hydrogen-bond donors (Lipinski definition) is 3. The van der Waals surface area contributed by atoms with Crippen molar-refractivity contribution in [1.82, 2.24) is 20.5 Å². The fourth-order valence-electron chi connectivity index (χ4n) is 4.57. The summed E-state index contributed by atoms with van der Waals surface area (Å²) in [6.07, 6.45) is 5.97. The molecule has 4 nitrogen and oxygen atoms in total. The average molecular weight is 503 g/mol. The van der Waals surface area contributed by atoms with Gasteiger partial charge in [0.15, 0.2) is 0 Å². The summed E-state index contributed by atoms with van der Waals surface area (Å²) in [5.74, 6) is 0.0632. The Labute approximate surface area is 222 Å². The van der Waals surface area contributed by atoms with E-state index in [2.05, 4.69) is 77.9 Å². The van der Waals surface area contributed by atoms with Gasteiger partial charge >= 0.3 is 0 Å². The lowest BCUT2D eigenvalue weighted by Gasteiger charge is -2.14. The molecule has 0 aliphatic rings. The lowest BCUT2D eigenvalue weighted by molar-refractivity contribution is 0.628. The normalized spacial score (nSPS) is 12.4. The quantitative estimate of drug-likeness (QED) is 0.186. The molecule has 0 saturated carbocycles. The molecule has 0 unspecified atom stereocenters. The highest BCUT2D eigenvalue weighted by molar-refractivity contribution is 6.01. The highest BCUT2D eigenvalue weighted by Gasteiger charge is 2.15. The van der Waals surface area contributed by atoms with E-state index in [1.54, 1.807) is 18.2 Å². The molecule has 38 heavy (non-hydrogen) atoms. The Morgan fingerprint density at radius 3 is 2.55 bits per heavy atom. The maximum Gasteiger partial charge on any atom is 0.123 e. The number of rotatable bonds is 8. The van der Waals surface area contributed by atoms with Gasteiger partial charge in [-0.15, -0.1) is 0 Å². The summed E-state index contributed by atoms with van der Waals surface area (Å²) in [6.45, 7) is 14.3. The zero-order valence-corrected chi connectivity index (χ0v) is 21.9. The van der Waals surface area contributed by atoms with E-state index in [0.29, 0.717) is 5.92 Å². The first kappa shape index (κ1) is 25.0. The average Bonchev–Trinajstić information content (AvgIpc) is 3.54. The van der Waals surface area contributed by atoms with E-state index in [-0.39, 0.29) is 5.82 Å². The van der Waals surface area contributed by atoms with Gasteiger partial charge in [-0.25, -0.2) is 4.39 Å². The molecular formula is C33H31FN4. The van der Waals surface area contributed by atoms with Crippen LogP contribution in [-0.4, -0.2) is 15.2 Å². The predicted octanol–water partition coefficient (Wildman–Crippen LogP) is 8.75. The maximum atomic E-state index is 13.9. The SMILES string of the molecule is C=C/C(=C\C(=C/C)c1ccc2[nH]nc(-c3cc4c(-c5cccc(F)c5)cccc4[nH]3)c2c1)NC(=C)C(C)C. The molecule has 5 aromatic rings. The number of nitrogens with one attached hydrogen (secondary N) is 3. The second-order valence-corrected chi connectivity index (χ2v) is 9.65. The third-order valence-electron chi connectivity index (χ3n) is 6.79. The Bertz CT molecular complexity index is 1730. The van der Waals surface area contributed by atoms with Crippen LogP contribution in [-0.2, 0) is 0 Å². The van der Waals surface area contributed by atoms with Crippen molar-refractivity contribution in [1.29, 1.82) is 0 Å². The van der Waals surface area contributed by atoms with E-state index in [9.17, 15) is 4.39 Å². The first-order chi connectivity index (χ1) is 18.4. The minimum atomic E-state index is -0.252. The summed E-state index contributed by atoms with van der Waals surface area (Å²) in [5.41, 5.74) is 9.41. The van der Waals surface area contributed by atoms with Crippen LogP contribution in [0.15, 0.2) is 110 Å². The number of allylic oxidation sites excluding steroid dienone is 5. The number of aromatic amines is 2. The molecule has 0 atom stereocenters. The molecule has 3 aromatic carbocycles. The van der Waals surface area contributed by atoms with Crippen LogP contribution < -0.4 is 5.32 Å². The molecule has 0 amide bonds. The van der Waals surface area contributed by atoms with Crippen molar-refractivity contribution in [3.05, 3.63) is 121 Å². The zero-order chi connectivity index (χ0) is 26.8. The minimum Gasteiger partial charge on any atom is -0.359 e. The fourth-order valence-corrected chi connectivity index (χ4v) is 4.57. The number of fused-ring (bicyclic) bond motifs is 2. The molecule has 5 heteroatoms. The third kappa shape index (κ3) is 4.83. The zero-order valence-electron chi connectivity index (χ0n) is 21.9. The van der Waals surface area contributed by atoms with Gasteiger partial charge in [-0.2, -0.15) is 5.10 Å². The standard InChI is InChI=1S/C33H31FN4/c1-6-22(17-26(7-2)35-21(5)20(3)4)23-14-15-31-29(18-23)33(38-37-31)32-19-28-27(12-9-13-30(28)36-32)24-10-8-11-25(34)16-24/h6-20,35-36H,2,5H2,1,3-4H3,(H,37,38)/b22-6+,26-17+. The van der Waals surface area contributed by atoms with Gasteiger partial charge in [0.25, 0.3) is 0 Å². The molecule has 3 N–H and O–H groups in total. The molecule has 0 fully saturated rings. The summed E-state index contributed by atoms with van der Waals surface area (Å²) < 4.78 is 13.9. The number of aromatic nitrogens is 3. The molecule has 190 valence electrons. The van der Waals surface area contributed by atoms with Crippen molar-refractivity contribution in [3.63, 3.8) is 0 Å². The van der Waals surface area contributed by atoms with Gasteiger partial charge in [-0.1, -0.05) is 63.4 Å². The van der Waals surface area contributed by atoms with Crippen LogP contribution in [0.5, 0.6) is 0 Å². The van der Waals surface area contributed by atoms with Crippen molar-refractivity contribution in [2.24, 2.45) is 5.92 Å². The van der Waals surface area contributed by atoms with Gasteiger partial charge in [-0.05, 0) is 83.7 Å². The number of benzene rings is 3. The second-order valence-electron chi connectivity index (χ2n) is 9.65. The van der Waals surface area contributed by atoms with E-state index in [1.165, 1.54) is 6.07 Å². The van der Waals surface area contributed by atoms with Crippen molar-refractivity contribution < 1.29 is 4.39 Å². The summed E-state index contributed by atoms with van der Waals surface area (Å²) in [7, 11) is 0. The van der Waals surface area contributed by atoms with Crippen LogP contribution in [0.2, 0.25) is 0 Å². The molecular weight excluding hydrogens is 471 g/mol. The van der Waals surface area contributed by atoms with Crippen LogP contribution in [0.3, 0.4) is 0 Å². The number of hydrogen-bond acceptors (Lipinski definition) is 2. The molecule has 5 rings (SSSR count). The number of halogens is 1. The maximum absolute atomic E-state index is 13.9. The summed E-state index contributed by atoms with van der Waals surface area (Å²) >= 11 is 0. The summed E-state index contributed by atoms with van der Waals surface area (Å²) in [4.78, 5) is 3.52.